The van der Waals surface area contributed by atoms with Crippen LogP contribution in [0.1, 0.15) is 5.56 Å². The summed E-state index contributed by atoms with van der Waals surface area (Å²) in [4.78, 5) is 19.3. The van der Waals surface area contributed by atoms with Crippen LogP contribution in [0.5, 0.6) is 0 Å². The fraction of sp³-hybridized carbons (Fsp3) is 0.333. The molecule has 8 heteroatoms. The molecule has 6 nitrogen and oxygen atoms in total. The Morgan fingerprint density at radius 2 is 2.13 bits per heavy atom. The van der Waals surface area contributed by atoms with E-state index in [1.165, 1.54) is 12.4 Å². The minimum absolute atomic E-state index is 0.276. The molecule has 1 saturated heterocycles. The normalized spacial score (nSPS) is 26.7. The maximum Gasteiger partial charge on any atom is 0.225 e. The molecule has 0 bridgehead atoms. The molecule has 0 aliphatic carbocycles. The molecule has 2 atom stereocenters. The van der Waals surface area contributed by atoms with Gasteiger partial charge in [0, 0.05) is 36.2 Å². The molecule has 2 aliphatic rings. The first-order valence-electron chi connectivity index (χ1n) is 7.28. The van der Waals surface area contributed by atoms with Gasteiger partial charge in [0.05, 0.1) is 18.9 Å². The molecule has 2 N–H and O–H groups in total. The third-order valence-corrected chi connectivity index (χ3v) is 5.30. The molecular formula is C15H15FN6S. The SMILES string of the molecule is NC1=NC2(c3cccnc3)CN(c3ncc(F)cn3)C[C@H]2CS1. The van der Waals surface area contributed by atoms with Crippen LogP contribution in [0.3, 0.4) is 0 Å². The molecule has 1 fully saturated rings. The van der Waals surface area contributed by atoms with Crippen LogP contribution in [-0.4, -0.2) is 39.0 Å². The van der Waals surface area contributed by atoms with Crippen LogP contribution in [0.25, 0.3) is 0 Å². The molecule has 0 aromatic carbocycles. The van der Waals surface area contributed by atoms with Gasteiger partial charge in [0.2, 0.25) is 5.95 Å². The van der Waals surface area contributed by atoms with Crippen molar-refractivity contribution in [2.45, 2.75) is 5.54 Å². The predicted molar refractivity (Wildman–Crippen MR) is 87.7 cm³/mol. The van der Waals surface area contributed by atoms with Gasteiger partial charge in [-0.3, -0.25) is 4.98 Å². The topological polar surface area (TPSA) is 80.3 Å². The van der Waals surface area contributed by atoms with Crippen molar-refractivity contribution in [3.63, 3.8) is 0 Å². The van der Waals surface area contributed by atoms with Gasteiger partial charge in [0.15, 0.2) is 11.0 Å². The van der Waals surface area contributed by atoms with Crippen molar-refractivity contribution in [2.75, 3.05) is 23.7 Å². The van der Waals surface area contributed by atoms with Crippen molar-refractivity contribution in [1.29, 1.82) is 0 Å². The lowest BCUT2D eigenvalue weighted by Crippen LogP contribution is -2.40. The zero-order chi connectivity index (χ0) is 15.9. The van der Waals surface area contributed by atoms with Gasteiger partial charge in [-0.2, -0.15) is 0 Å². The summed E-state index contributed by atoms with van der Waals surface area (Å²) >= 11 is 1.57. The lowest BCUT2D eigenvalue weighted by atomic mass is 9.83. The highest BCUT2D eigenvalue weighted by Crippen LogP contribution is 2.45. The Morgan fingerprint density at radius 1 is 1.30 bits per heavy atom. The standard InChI is InChI=1S/C15H15FN6S/c16-12-5-19-14(20-6-12)22-7-11-8-23-13(17)21-15(11,9-22)10-2-1-3-18-4-10/h1-6,11H,7-9H2,(H2,17,21)/t11-,15?/m0/s1. The molecular weight excluding hydrogens is 315 g/mol. The highest BCUT2D eigenvalue weighted by atomic mass is 32.2. The summed E-state index contributed by atoms with van der Waals surface area (Å²) in [5.41, 5.74) is 6.61. The number of amidine groups is 1. The van der Waals surface area contributed by atoms with E-state index in [9.17, 15) is 4.39 Å². The largest absolute Gasteiger partial charge is 0.379 e. The minimum atomic E-state index is -0.443. The van der Waals surface area contributed by atoms with Crippen LogP contribution in [0.15, 0.2) is 41.9 Å². The van der Waals surface area contributed by atoms with E-state index in [2.05, 4.69) is 15.0 Å². The zero-order valence-corrected chi connectivity index (χ0v) is 13.1. The molecule has 4 rings (SSSR count). The van der Waals surface area contributed by atoms with Gasteiger partial charge >= 0.3 is 0 Å². The predicted octanol–water partition coefficient (Wildman–Crippen LogP) is 1.40. The summed E-state index contributed by atoms with van der Waals surface area (Å²) in [6.45, 7) is 1.36. The van der Waals surface area contributed by atoms with Gasteiger partial charge in [-0.1, -0.05) is 17.8 Å². The Bertz CT molecular complexity index is 737. The lowest BCUT2D eigenvalue weighted by molar-refractivity contribution is 0.386. The molecule has 0 spiro atoms. The van der Waals surface area contributed by atoms with Crippen molar-refractivity contribution < 1.29 is 4.39 Å². The number of hydrogen-bond donors (Lipinski definition) is 1. The van der Waals surface area contributed by atoms with Crippen molar-refractivity contribution in [1.82, 2.24) is 15.0 Å². The van der Waals surface area contributed by atoms with Gasteiger partial charge in [0.1, 0.15) is 5.54 Å². The first-order chi connectivity index (χ1) is 11.2. The van der Waals surface area contributed by atoms with E-state index in [0.29, 0.717) is 17.7 Å². The average Bonchev–Trinajstić information content (AvgIpc) is 2.96. The molecule has 2 aromatic heterocycles. The highest BCUT2D eigenvalue weighted by molar-refractivity contribution is 8.13. The lowest BCUT2D eigenvalue weighted by Gasteiger charge is -2.34. The first-order valence-corrected chi connectivity index (χ1v) is 8.27. The van der Waals surface area contributed by atoms with Crippen LogP contribution >= 0.6 is 11.8 Å². The molecule has 0 amide bonds. The van der Waals surface area contributed by atoms with Crippen molar-refractivity contribution >= 4 is 22.9 Å². The fourth-order valence-corrected chi connectivity index (χ4v) is 4.25. The molecule has 2 aromatic rings. The van der Waals surface area contributed by atoms with Gasteiger partial charge in [0.25, 0.3) is 0 Å². The first kappa shape index (κ1) is 14.4. The third kappa shape index (κ3) is 2.42. The third-order valence-electron chi connectivity index (χ3n) is 4.34. The summed E-state index contributed by atoms with van der Waals surface area (Å²) in [6, 6.07) is 3.94. The fourth-order valence-electron chi connectivity index (χ4n) is 3.27. The van der Waals surface area contributed by atoms with Gasteiger partial charge in [-0.05, 0) is 6.07 Å². The number of nitrogens with zero attached hydrogens (tertiary/aromatic N) is 5. The number of aromatic nitrogens is 3. The average molecular weight is 330 g/mol. The van der Waals surface area contributed by atoms with Crippen LogP contribution in [0.4, 0.5) is 10.3 Å². The number of halogens is 1. The molecule has 1 unspecified atom stereocenters. The number of aliphatic imine (C=N–C) groups is 1. The van der Waals surface area contributed by atoms with Gasteiger partial charge in [-0.25, -0.2) is 19.4 Å². The van der Waals surface area contributed by atoms with Crippen molar-refractivity contribution in [2.24, 2.45) is 16.6 Å². The molecule has 0 saturated carbocycles. The molecule has 2 aliphatic heterocycles. The molecule has 23 heavy (non-hydrogen) atoms. The van der Waals surface area contributed by atoms with E-state index in [1.54, 1.807) is 18.0 Å². The highest BCUT2D eigenvalue weighted by Gasteiger charge is 2.50. The van der Waals surface area contributed by atoms with E-state index in [4.69, 9.17) is 10.7 Å². The Labute approximate surface area is 137 Å². The van der Waals surface area contributed by atoms with E-state index < -0.39 is 11.4 Å². The van der Waals surface area contributed by atoms with E-state index in [-0.39, 0.29) is 5.92 Å². The Morgan fingerprint density at radius 3 is 2.87 bits per heavy atom. The summed E-state index contributed by atoms with van der Waals surface area (Å²) in [5, 5.41) is 0.590. The smallest absolute Gasteiger partial charge is 0.225 e. The summed E-state index contributed by atoms with van der Waals surface area (Å²) in [6.07, 6.45) is 5.96. The second kappa shape index (κ2) is 5.45. The van der Waals surface area contributed by atoms with Crippen LogP contribution in [0, 0.1) is 11.7 Å². The van der Waals surface area contributed by atoms with Gasteiger partial charge in [-0.15, -0.1) is 0 Å². The second-order valence-corrected chi connectivity index (χ2v) is 6.75. The maximum absolute atomic E-state index is 13.1. The van der Waals surface area contributed by atoms with Crippen molar-refractivity contribution in [3.8, 4) is 0 Å². The zero-order valence-electron chi connectivity index (χ0n) is 12.3. The van der Waals surface area contributed by atoms with E-state index in [0.717, 1.165) is 17.9 Å². The summed E-state index contributed by atoms with van der Waals surface area (Å²) < 4.78 is 13.1. The quantitative estimate of drug-likeness (QED) is 0.897. The molecule has 4 heterocycles. The Hall–Kier alpha value is -2.22. The Kier molecular flexibility index (Phi) is 3.41. The number of fused-ring (bicyclic) bond motifs is 1. The number of anilines is 1. The van der Waals surface area contributed by atoms with Crippen LogP contribution in [-0.2, 0) is 5.54 Å². The summed E-state index contributed by atoms with van der Waals surface area (Å²) in [5.74, 6) is 1.23. The second-order valence-electron chi connectivity index (χ2n) is 5.71. The van der Waals surface area contributed by atoms with E-state index in [1.807, 2.05) is 23.2 Å². The molecule has 0 radical (unpaired) electrons. The number of thioether (sulfide) groups is 1. The Balaban J connectivity index is 1.75. The number of nitrogens with two attached hydrogens (primary N) is 1. The van der Waals surface area contributed by atoms with Crippen LogP contribution in [0.2, 0.25) is 0 Å². The summed E-state index contributed by atoms with van der Waals surface area (Å²) in [7, 11) is 0. The molecule has 118 valence electrons. The maximum atomic E-state index is 13.1. The minimum Gasteiger partial charge on any atom is -0.379 e. The number of pyridine rings is 1. The van der Waals surface area contributed by atoms with Gasteiger partial charge < -0.3 is 10.6 Å². The number of rotatable bonds is 2. The monoisotopic (exact) mass is 330 g/mol. The van der Waals surface area contributed by atoms with Crippen LogP contribution < -0.4 is 10.6 Å². The van der Waals surface area contributed by atoms with E-state index >= 15 is 0 Å². The number of hydrogen-bond acceptors (Lipinski definition) is 7. The van der Waals surface area contributed by atoms with Crippen molar-refractivity contribution in [3.05, 3.63) is 48.3 Å².